The molecule has 0 saturated carbocycles. The SMILES string of the molecule is CCN(CC[C@@H](C)SC)Cc1c(C)nn(CC)c1C. The third-order valence-electron chi connectivity index (χ3n) is 3.91. The minimum atomic E-state index is 0.745. The van der Waals surface area contributed by atoms with Gasteiger partial charge >= 0.3 is 0 Å². The highest BCUT2D eigenvalue weighted by molar-refractivity contribution is 7.99. The van der Waals surface area contributed by atoms with E-state index in [-0.39, 0.29) is 0 Å². The molecule has 110 valence electrons. The summed E-state index contributed by atoms with van der Waals surface area (Å²) in [6, 6.07) is 0. The summed E-state index contributed by atoms with van der Waals surface area (Å²) in [5, 5.41) is 5.36. The number of thioether (sulfide) groups is 1. The van der Waals surface area contributed by atoms with E-state index in [9.17, 15) is 0 Å². The topological polar surface area (TPSA) is 21.1 Å². The van der Waals surface area contributed by atoms with Crippen molar-refractivity contribution in [2.75, 3.05) is 19.3 Å². The first kappa shape index (κ1) is 16.6. The second kappa shape index (κ2) is 7.95. The lowest BCUT2D eigenvalue weighted by Gasteiger charge is -2.22. The van der Waals surface area contributed by atoms with Crippen LogP contribution in [-0.2, 0) is 13.1 Å². The number of rotatable bonds is 8. The van der Waals surface area contributed by atoms with Crippen LogP contribution in [0.3, 0.4) is 0 Å². The van der Waals surface area contributed by atoms with E-state index in [1.807, 2.05) is 11.8 Å². The van der Waals surface area contributed by atoms with Gasteiger partial charge in [-0.15, -0.1) is 0 Å². The second-order valence-electron chi connectivity index (χ2n) is 5.17. The molecule has 1 rings (SSSR count). The van der Waals surface area contributed by atoms with Crippen molar-refractivity contribution < 1.29 is 0 Å². The molecule has 0 aliphatic rings. The molecule has 0 aromatic carbocycles. The van der Waals surface area contributed by atoms with E-state index in [0.717, 1.165) is 24.9 Å². The average Bonchev–Trinajstić information content (AvgIpc) is 2.69. The molecule has 4 heteroatoms. The molecule has 1 aromatic rings. The van der Waals surface area contributed by atoms with E-state index in [1.165, 1.54) is 29.9 Å². The number of hydrogen-bond donors (Lipinski definition) is 0. The van der Waals surface area contributed by atoms with Gasteiger partial charge in [0.15, 0.2) is 0 Å². The summed E-state index contributed by atoms with van der Waals surface area (Å²) >= 11 is 1.95. The van der Waals surface area contributed by atoms with E-state index in [1.54, 1.807) is 0 Å². The Hall–Kier alpha value is -0.480. The van der Waals surface area contributed by atoms with Crippen LogP contribution in [0.1, 0.15) is 44.1 Å². The summed E-state index contributed by atoms with van der Waals surface area (Å²) < 4.78 is 2.11. The first-order valence-electron chi connectivity index (χ1n) is 7.31. The quantitative estimate of drug-likeness (QED) is 0.729. The third-order valence-corrected chi connectivity index (χ3v) is 4.95. The van der Waals surface area contributed by atoms with Crippen molar-refractivity contribution in [1.82, 2.24) is 14.7 Å². The van der Waals surface area contributed by atoms with Crippen LogP contribution in [-0.4, -0.2) is 39.3 Å². The largest absolute Gasteiger partial charge is 0.299 e. The van der Waals surface area contributed by atoms with E-state index in [4.69, 9.17) is 0 Å². The van der Waals surface area contributed by atoms with Crippen LogP contribution in [0.4, 0.5) is 0 Å². The number of aryl methyl sites for hydroxylation is 2. The average molecular weight is 283 g/mol. The van der Waals surface area contributed by atoms with Gasteiger partial charge in [-0.1, -0.05) is 13.8 Å². The summed E-state index contributed by atoms with van der Waals surface area (Å²) in [4.78, 5) is 2.53. The summed E-state index contributed by atoms with van der Waals surface area (Å²) in [6.45, 7) is 15.3. The van der Waals surface area contributed by atoms with Crippen LogP contribution in [0.15, 0.2) is 0 Å². The second-order valence-corrected chi connectivity index (χ2v) is 6.45. The molecule has 1 heterocycles. The molecule has 0 fully saturated rings. The standard InChI is InChI=1S/C15H29N3S/c1-7-17(10-9-12(3)19-6)11-15-13(4)16-18(8-2)14(15)5/h12H,7-11H2,1-6H3/t12-/m1/s1. The van der Waals surface area contributed by atoms with Crippen LogP contribution in [0.25, 0.3) is 0 Å². The van der Waals surface area contributed by atoms with Crippen molar-refractivity contribution in [1.29, 1.82) is 0 Å². The molecule has 1 atom stereocenters. The van der Waals surface area contributed by atoms with Gasteiger partial charge in [-0.25, -0.2) is 0 Å². The lowest BCUT2D eigenvalue weighted by atomic mass is 10.1. The van der Waals surface area contributed by atoms with Gasteiger partial charge in [-0.3, -0.25) is 9.58 Å². The highest BCUT2D eigenvalue weighted by Crippen LogP contribution is 2.17. The van der Waals surface area contributed by atoms with Gasteiger partial charge in [0.05, 0.1) is 5.69 Å². The molecule has 19 heavy (non-hydrogen) atoms. The van der Waals surface area contributed by atoms with Gasteiger partial charge in [-0.2, -0.15) is 16.9 Å². The predicted octanol–water partition coefficient (Wildman–Crippen LogP) is 3.48. The zero-order chi connectivity index (χ0) is 14.4. The number of aromatic nitrogens is 2. The van der Waals surface area contributed by atoms with Crippen LogP contribution in [0.5, 0.6) is 0 Å². The molecule has 3 nitrogen and oxygen atoms in total. The van der Waals surface area contributed by atoms with Crippen LogP contribution < -0.4 is 0 Å². The smallest absolute Gasteiger partial charge is 0.0641 e. The van der Waals surface area contributed by atoms with Crippen LogP contribution in [0, 0.1) is 13.8 Å². The Balaban J connectivity index is 2.67. The fraction of sp³-hybridized carbons (Fsp3) is 0.800. The molecule has 0 spiro atoms. The third kappa shape index (κ3) is 4.53. The Kier molecular flexibility index (Phi) is 6.94. The Morgan fingerprint density at radius 1 is 1.32 bits per heavy atom. The van der Waals surface area contributed by atoms with Gasteiger partial charge < -0.3 is 0 Å². The lowest BCUT2D eigenvalue weighted by molar-refractivity contribution is 0.275. The zero-order valence-corrected chi connectivity index (χ0v) is 14.2. The predicted molar refractivity (Wildman–Crippen MR) is 85.9 cm³/mol. The van der Waals surface area contributed by atoms with Gasteiger partial charge in [0.25, 0.3) is 0 Å². The van der Waals surface area contributed by atoms with Gasteiger partial charge in [-0.05, 0) is 46.5 Å². The fourth-order valence-electron chi connectivity index (χ4n) is 2.33. The molecule has 1 aromatic heterocycles. The van der Waals surface area contributed by atoms with Crippen LogP contribution >= 0.6 is 11.8 Å². The minimum Gasteiger partial charge on any atom is -0.299 e. The van der Waals surface area contributed by atoms with E-state index >= 15 is 0 Å². The lowest BCUT2D eigenvalue weighted by Crippen LogP contribution is -2.26. The Morgan fingerprint density at radius 3 is 2.47 bits per heavy atom. The monoisotopic (exact) mass is 283 g/mol. The molecule has 0 aliphatic carbocycles. The van der Waals surface area contributed by atoms with Crippen molar-refractivity contribution >= 4 is 11.8 Å². The van der Waals surface area contributed by atoms with E-state index < -0.39 is 0 Å². The Bertz CT molecular complexity index is 387. The van der Waals surface area contributed by atoms with Gasteiger partial charge in [0, 0.05) is 29.6 Å². The van der Waals surface area contributed by atoms with Crippen molar-refractivity contribution in [2.45, 2.75) is 59.4 Å². The van der Waals surface area contributed by atoms with Crippen LogP contribution in [0.2, 0.25) is 0 Å². The molecule has 0 N–H and O–H groups in total. The Labute approximate surface area is 122 Å². The van der Waals surface area contributed by atoms with Gasteiger partial charge in [0.1, 0.15) is 0 Å². The van der Waals surface area contributed by atoms with Crippen molar-refractivity contribution in [3.63, 3.8) is 0 Å². The van der Waals surface area contributed by atoms with Crippen molar-refractivity contribution in [3.8, 4) is 0 Å². The maximum Gasteiger partial charge on any atom is 0.0641 e. The molecular weight excluding hydrogens is 254 g/mol. The number of hydrogen-bond acceptors (Lipinski definition) is 3. The summed E-state index contributed by atoms with van der Waals surface area (Å²) in [6.07, 6.45) is 3.45. The zero-order valence-electron chi connectivity index (χ0n) is 13.4. The molecule has 0 amide bonds. The Morgan fingerprint density at radius 2 is 2.00 bits per heavy atom. The molecule has 0 bridgehead atoms. The molecular formula is C15H29N3S. The molecule has 0 saturated heterocycles. The molecule has 0 unspecified atom stereocenters. The first-order valence-corrected chi connectivity index (χ1v) is 8.60. The summed E-state index contributed by atoms with van der Waals surface area (Å²) in [5.74, 6) is 0. The summed E-state index contributed by atoms with van der Waals surface area (Å²) in [7, 11) is 0. The molecule has 0 radical (unpaired) electrons. The van der Waals surface area contributed by atoms with Crippen molar-refractivity contribution in [2.24, 2.45) is 0 Å². The normalized spacial score (nSPS) is 13.2. The highest BCUT2D eigenvalue weighted by Gasteiger charge is 2.14. The minimum absolute atomic E-state index is 0.745. The number of nitrogens with zero attached hydrogens (tertiary/aromatic N) is 3. The maximum atomic E-state index is 4.61. The van der Waals surface area contributed by atoms with E-state index in [2.05, 4.69) is 55.6 Å². The fourth-order valence-corrected chi connectivity index (χ4v) is 2.67. The van der Waals surface area contributed by atoms with E-state index in [0.29, 0.717) is 0 Å². The maximum absolute atomic E-state index is 4.61. The highest BCUT2D eigenvalue weighted by atomic mass is 32.2. The first-order chi connectivity index (χ1) is 9.03. The molecule has 0 aliphatic heterocycles. The summed E-state index contributed by atoms with van der Waals surface area (Å²) in [5.41, 5.74) is 3.94. The van der Waals surface area contributed by atoms with Crippen molar-refractivity contribution in [3.05, 3.63) is 17.0 Å². The van der Waals surface area contributed by atoms with Gasteiger partial charge in [0.2, 0.25) is 0 Å².